The number of likely N-dealkylation sites (tertiary alicyclic amines) is 1. The lowest BCUT2D eigenvalue weighted by atomic mass is 10.3. The minimum absolute atomic E-state index is 0.263. The van der Waals surface area contributed by atoms with Crippen LogP contribution in [0.15, 0.2) is 24.3 Å². The molecule has 0 aliphatic carbocycles. The number of ether oxygens (including phenoxy) is 1. The van der Waals surface area contributed by atoms with E-state index in [2.05, 4.69) is 4.90 Å². The zero-order valence-corrected chi connectivity index (χ0v) is 9.23. The Bertz CT molecular complexity index is 346. The van der Waals surface area contributed by atoms with Crippen LogP contribution in [-0.4, -0.2) is 37.2 Å². The number of nitrogens with two attached hydrogens (primary N) is 1. The summed E-state index contributed by atoms with van der Waals surface area (Å²) < 4.78 is 18.3. The normalized spacial score (nSPS) is 21.2. The van der Waals surface area contributed by atoms with E-state index in [9.17, 15) is 4.39 Å². The first-order chi connectivity index (χ1) is 7.74. The molecule has 0 spiro atoms. The summed E-state index contributed by atoms with van der Waals surface area (Å²) in [5.74, 6) is 0.323. The number of rotatable bonds is 4. The molecule has 1 heterocycles. The van der Waals surface area contributed by atoms with Crippen LogP contribution in [0.25, 0.3) is 0 Å². The van der Waals surface area contributed by atoms with Gasteiger partial charge in [-0.1, -0.05) is 6.07 Å². The lowest BCUT2D eigenvalue weighted by Crippen LogP contribution is -2.29. The van der Waals surface area contributed by atoms with Crippen LogP contribution >= 0.6 is 0 Å². The van der Waals surface area contributed by atoms with Crippen LogP contribution in [0.1, 0.15) is 6.42 Å². The molecule has 16 heavy (non-hydrogen) atoms. The number of benzene rings is 1. The van der Waals surface area contributed by atoms with Crippen molar-refractivity contribution >= 4 is 0 Å². The van der Waals surface area contributed by atoms with Gasteiger partial charge in [0.2, 0.25) is 0 Å². The molecule has 0 radical (unpaired) electrons. The fourth-order valence-electron chi connectivity index (χ4n) is 1.92. The molecule has 2 rings (SSSR count). The smallest absolute Gasteiger partial charge is 0.126 e. The second-order valence-electron chi connectivity index (χ2n) is 4.16. The van der Waals surface area contributed by atoms with Crippen molar-refractivity contribution in [1.82, 2.24) is 4.90 Å². The summed E-state index contributed by atoms with van der Waals surface area (Å²) in [6, 6.07) is 6.52. The summed E-state index contributed by atoms with van der Waals surface area (Å²) in [7, 11) is 0. The van der Waals surface area contributed by atoms with Gasteiger partial charge in [0.15, 0.2) is 0 Å². The van der Waals surface area contributed by atoms with Gasteiger partial charge < -0.3 is 10.5 Å². The highest BCUT2D eigenvalue weighted by Gasteiger charge is 2.18. The van der Waals surface area contributed by atoms with Crippen molar-refractivity contribution in [3.63, 3.8) is 0 Å². The molecule has 1 saturated heterocycles. The highest BCUT2D eigenvalue weighted by molar-refractivity contribution is 5.22. The number of nitrogens with zero attached hydrogens (tertiary/aromatic N) is 1. The Morgan fingerprint density at radius 2 is 2.38 bits per heavy atom. The SMILES string of the molecule is N[C@H]1CCN(CCOc2cccc(F)c2)C1. The van der Waals surface area contributed by atoms with Crippen LogP contribution in [0.4, 0.5) is 4.39 Å². The highest BCUT2D eigenvalue weighted by atomic mass is 19.1. The predicted octanol–water partition coefficient (Wildman–Crippen LogP) is 1.24. The van der Waals surface area contributed by atoms with Gasteiger partial charge in [0.1, 0.15) is 18.2 Å². The summed E-state index contributed by atoms with van der Waals surface area (Å²) in [4.78, 5) is 2.27. The molecule has 0 amide bonds. The minimum atomic E-state index is -0.263. The monoisotopic (exact) mass is 224 g/mol. The summed E-state index contributed by atoms with van der Waals surface area (Å²) >= 11 is 0. The third-order valence-electron chi connectivity index (χ3n) is 2.78. The van der Waals surface area contributed by atoms with Crippen molar-refractivity contribution in [3.05, 3.63) is 30.1 Å². The molecule has 1 aliphatic heterocycles. The van der Waals surface area contributed by atoms with E-state index < -0.39 is 0 Å². The van der Waals surface area contributed by atoms with Crippen molar-refractivity contribution in [3.8, 4) is 5.75 Å². The first-order valence-electron chi connectivity index (χ1n) is 5.60. The fraction of sp³-hybridized carbons (Fsp3) is 0.500. The predicted molar refractivity (Wildman–Crippen MR) is 60.9 cm³/mol. The van der Waals surface area contributed by atoms with Gasteiger partial charge in [-0.25, -0.2) is 4.39 Å². The van der Waals surface area contributed by atoms with Gasteiger partial charge in [-0.15, -0.1) is 0 Å². The standard InChI is InChI=1S/C12H17FN2O/c13-10-2-1-3-12(8-10)16-7-6-15-5-4-11(14)9-15/h1-3,8,11H,4-7,9,14H2/t11-/m0/s1. The lowest BCUT2D eigenvalue weighted by molar-refractivity contribution is 0.235. The third-order valence-corrected chi connectivity index (χ3v) is 2.78. The van der Waals surface area contributed by atoms with E-state index in [0.29, 0.717) is 18.4 Å². The maximum atomic E-state index is 12.8. The topological polar surface area (TPSA) is 38.5 Å². The van der Waals surface area contributed by atoms with Crippen molar-refractivity contribution < 1.29 is 9.13 Å². The van der Waals surface area contributed by atoms with Crippen molar-refractivity contribution in [1.29, 1.82) is 0 Å². The Morgan fingerprint density at radius 1 is 1.50 bits per heavy atom. The fourth-order valence-corrected chi connectivity index (χ4v) is 1.92. The van der Waals surface area contributed by atoms with E-state index in [1.165, 1.54) is 12.1 Å². The molecule has 0 unspecified atom stereocenters. The Hall–Kier alpha value is -1.13. The molecule has 2 N–H and O–H groups in total. The van der Waals surface area contributed by atoms with Crippen LogP contribution in [0, 0.1) is 5.82 Å². The van der Waals surface area contributed by atoms with Crippen molar-refractivity contribution in [2.45, 2.75) is 12.5 Å². The molecule has 4 heteroatoms. The van der Waals surface area contributed by atoms with Gasteiger partial charge in [-0.05, 0) is 25.1 Å². The molecule has 0 saturated carbocycles. The highest BCUT2D eigenvalue weighted by Crippen LogP contribution is 2.12. The van der Waals surface area contributed by atoms with E-state index in [4.69, 9.17) is 10.5 Å². The number of halogens is 1. The number of hydrogen-bond acceptors (Lipinski definition) is 3. The Morgan fingerprint density at radius 3 is 3.06 bits per heavy atom. The molecule has 1 atom stereocenters. The summed E-state index contributed by atoms with van der Waals surface area (Å²) in [5, 5.41) is 0. The molecule has 1 aromatic rings. The van der Waals surface area contributed by atoms with Crippen LogP contribution in [0.5, 0.6) is 5.75 Å². The van der Waals surface area contributed by atoms with Gasteiger partial charge in [0, 0.05) is 25.2 Å². The van der Waals surface area contributed by atoms with Crippen molar-refractivity contribution in [2.24, 2.45) is 5.73 Å². The van der Waals surface area contributed by atoms with E-state index in [0.717, 1.165) is 26.1 Å². The maximum Gasteiger partial charge on any atom is 0.126 e. The second kappa shape index (κ2) is 5.27. The molecule has 1 fully saturated rings. The van der Waals surface area contributed by atoms with Gasteiger partial charge in [0.05, 0.1) is 0 Å². The van der Waals surface area contributed by atoms with Crippen LogP contribution in [-0.2, 0) is 0 Å². The average Bonchev–Trinajstić information content (AvgIpc) is 2.64. The van der Waals surface area contributed by atoms with E-state index in [1.807, 2.05) is 0 Å². The van der Waals surface area contributed by atoms with E-state index in [1.54, 1.807) is 12.1 Å². The summed E-state index contributed by atoms with van der Waals surface area (Å²) in [6.07, 6.45) is 1.06. The lowest BCUT2D eigenvalue weighted by Gasteiger charge is -2.15. The third kappa shape index (κ3) is 3.18. The van der Waals surface area contributed by atoms with Gasteiger partial charge in [0.25, 0.3) is 0 Å². The van der Waals surface area contributed by atoms with E-state index >= 15 is 0 Å². The zero-order valence-electron chi connectivity index (χ0n) is 9.23. The number of hydrogen-bond donors (Lipinski definition) is 1. The zero-order chi connectivity index (χ0) is 11.4. The molecule has 88 valence electrons. The largest absolute Gasteiger partial charge is 0.492 e. The van der Waals surface area contributed by atoms with Crippen LogP contribution in [0.3, 0.4) is 0 Å². The molecular formula is C12H17FN2O. The van der Waals surface area contributed by atoms with Gasteiger partial charge in [-0.2, -0.15) is 0 Å². The molecule has 3 nitrogen and oxygen atoms in total. The van der Waals surface area contributed by atoms with Crippen LogP contribution in [0.2, 0.25) is 0 Å². The first-order valence-corrected chi connectivity index (χ1v) is 5.60. The summed E-state index contributed by atoms with van der Waals surface area (Å²) in [5.41, 5.74) is 5.80. The molecule has 1 aliphatic rings. The molecular weight excluding hydrogens is 207 g/mol. The Balaban J connectivity index is 1.72. The second-order valence-corrected chi connectivity index (χ2v) is 4.16. The molecule has 1 aromatic carbocycles. The average molecular weight is 224 g/mol. The van der Waals surface area contributed by atoms with Crippen LogP contribution < -0.4 is 10.5 Å². The Kier molecular flexibility index (Phi) is 3.74. The molecule has 0 aromatic heterocycles. The van der Waals surface area contributed by atoms with Crippen molar-refractivity contribution in [2.75, 3.05) is 26.2 Å². The minimum Gasteiger partial charge on any atom is -0.492 e. The van der Waals surface area contributed by atoms with E-state index in [-0.39, 0.29) is 5.82 Å². The first kappa shape index (κ1) is 11.4. The maximum absolute atomic E-state index is 12.8. The van der Waals surface area contributed by atoms with Gasteiger partial charge >= 0.3 is 0 Å². The molecule has 0 bridgehead atoms. The van der Waals surface area contributed by atoms with Gasteiger partial charge in [-0.3, -0.25) is 4.90 Å². The Labute approximate surface area is 95.0 Å². The quantitative estimate of drug-likeness (QED) is 0.836. The summed E-state index contributed by atoms with van der Waals surface area (Å²) in [6.45, 7) is 3.40.